The van der Waals surface area contributed by atoms with E-state index in [2.05, 4.69) is 36.7 Å². The highest BCUT2D eigenvalue weighted by atomic mass is 16.7. The molecule has 0 spiro atoms. The third-order valence-electron chi connectivity index (χ3n) is 12.0. The van der Waals surface area contributed by atoms with Crippen LogP contribution in [0.2, 0.25) is 0 Å². The number of aliphatic carboxylic acids is 2. The van der Waals surface area contributed by atoms with Crippen molar-refractivity contribution >= 4 is 53.3 Å². The van der Waals surface area contributed by atoms with E-state index >= 15 is 0 Å². The van der Waals surface area contributed by atoms with Gasteiger partial charge in [0.1, 0.15) is 18.4 Å². The Balaban J connectivity index is 1.68. The van der Waals surface area contributed by atoms with Crippen molar-refractivity contribution in [3.05, 3.63) is 70.8 Å². The van der Waals surface area contributed by atoms with E-state index in [1.54, 1.807) is 43.4 Å². The number of aliphatic hydroxyl groups is 1. The van der Waals surface area contributed by atoms with Crippen LogP contribution in [0.4, 0.5) is 10.5 Å². The molecule has 1 aliphatic rings. The number of carboxylic acid groups (broad SMARTS) is 2. The largest absolute Gasteiger partial charge is 0.479 e. The highest BCUT2D eigenvalue weighted by Gasteiger charge is 2.41. The van der Waals surface area contributed by atoms with Crippen LogP contribution in [0.5, 0.6) is 5.75 Å². The first-order valence-electron chi connectivity index (χ1n) is 24.0. The number of nitrogens with two attached hydrogens (primary N) is 1. The second kappa shape index (κ2) is 29.1. The molecule has 2 aromatic rings. The van der Waals surface area contributed by atoms with E-state index in [0.29, 0.717) is 41.8 Å². The van der Waals surface area contributed by atoms with Gasteiger partial charge in [-0.05, 0) is 67.6 Å². The van der Waals surface area contributed by atoms with Crippen molar-refractivity contribution in [1.82, 2.24) is 31.5 Å². The normalized spacial score (nSPS) is 16.7. The first-order chi connectivity index (χ1) is 34.3. The lowest BCUT2D eigenvalue weighted by Gasteiger charge is -2.38. The van der Waals surface area contributed by atoms with Crippen LogP contribution in [0.3, 0.4) is 0 Å². The molecule has 0 aromatic heterocycles. The van der Waals surface area contributed by atoms with Gasteiger partial charge >= 0.3 is 18.0 Å². The zero-order valence-corrected chi connectivity index (χ0v) is 43.0. The molecule has 5 atom stereocenters. The summed E-state index contributed by atoms with van der Waals surface area (Å²) >= 11 is 0. The van der Waals surface area contributed by atoms with Crippen molar-refractivity contribution in [2.24, 2.45) is 11.3 Å². The van der Waals surface area contributed by atoms with Crippen LogP contribution in [0.25, 0.3) is 0 Å². The van der Waals surface area contributed by atoms with Crippen molar-refractivity contribution in [2.75, 3.05) is 45.7 Å². The molecule has 0 aliphatic carbocycles. The number of hydrogen-bond donors (Lipinski definition) is 10. The number of carbonyl (C=O) groups is 8. The monoisotopic (exact) mass is 1030 g/mol. The van der Waals surface area contributed by atoms with Gasteiger partial charge in [0.25, 0.3) is 0 Å². The maximum Gasteiger partial charge on any atom is 0.411 e. The predicted molar refractivity (Wildman–Crippen MR) is 266 cm³/mol. The summed E-state index contributed by atoms with van der Waals surface area (Å²) in [7, 11) is 3.15. The molecule has 6 amide bonds. The van der Waals surface area contributed by atoms with Crippen molar-refractivity contribution in [3.8, 4) is 5.75 Å². The molecule has 23 nitrogen and oxygen atoms in total. The lowest BCUT2D eigenvalue weighted by molar-refractivity contribution is -0.195. The molecule has 0 radical (unpaired) electrons. The summed E-state index contributed by atoms with van der Waals surface area (Å²) < 4.78 is 17.1. The smallest absolute Gasteiger partial charge is 0.411 e. The number of aliphatic hydroxyl groups excluding tert-OH is 1. The van der Waals surface area contributed by atoms with Gasteiger partial charge in [0.2, 0.25) is 35.8 Å². The van der Waals surface area contributed by atoms with Gasteiger partial charge in [-0.25, -0.2) is 20.3 Å². The number of carboxylic acids is 2. The van der Waals surface area contributed by atoms with Gasteiger partial charge < -0.3 is 65.9 Å². The molecule has 2 aromatic carbocycles. The fourth-order valence-corrected chi connectivity index (χ4v) is 7.62. The van der Waals surface area contributed by atoms with E-state index in [0.717, 1.165) is 6.42 Å². The average molecular weight is 1030 g/mol. The number of likely N-dealkylation sites (N-methyl/N-ethyl adjacent to an activating group) is 2. The summed E-state index contributed by atoms with van der Waals surface area (Å²) in [6.07, 6.45) is -0.847. The van der Waals surface area contributed by atoms with E-state index in [1.807, 2.05) is 34.6 Å². The maximum absolute atomic E-state index is 14.0. The summed E-state index contributed by atoms with van der Waals surface area (Å²) in [5.74, 6) is 0.718. The number of rotatable bonds is 28. The quantitative estimate of drug-likeness (QED) is 0.0332. The Labute approximate surface area is 425 Å². The van der Waals surface area contributed by atoms with Crippen LogP contribution in [0, 0.1) is 5.41 Å². The number of amides is 6. The lowest BCUT2D eigenvalue weighted by atomic mass is 9.76. The molecule has 5 unspecified atom stereocenters. The molecule has 404 valence electrons. The molecule has 73 heavy (non-hydrogen) atoms. The molecule has 1 saturated heterocycles. The Bertz CT molecular complexity index is 2270. The zero-order chi connectivity index (χ0) is 54.5. The van der Waals surface area contributed by atoms with Gasteiger partial charge in [-0.15, -0.1) is 0 Å². The highest BCUT2D eigenvalue weighted by molar-refractivity contribution is 5.92. The van der Waals surface area contributed by atoms with Gasteiger partial charge in [0.15, 0.2) is 6.10 Å². The Kier molecular flexibility index (Phi) is 24.2. The van der Waals surface area contributed by atoms with Gasteiger partial charge in [-0.3, -0.25) is 29.3 Å². The van der Waals surface area contributed by atoms with Crippen LogP contribution in [0.15, 0.2) is 54.1 Å². The SMILES string of the molecule is CNC(C(=O)NC(C(=O)N(C)C/C=C(\C)C(=O)O)C(C)(C)C)C(C)(C)c1cccc(NC(=O)OCc2ccc(OC3CC(O)CC(C(=O)O)O3)c(CNC(=O)CCNC(=O)CNC(=O)CCCCCON)c2)c1. The molecule has 1 aliphatic heterocycles. The summed E-state index contributed by atoms with van der Waals surface area (Å²) in [4.78, 5) is 107. The topological polar surface area (TPSA) is 336 Å². The summed E-state index contributed by atoms with van der Waals surface area (Å²) in [5.41, 5.74) is 0.305. The Hall–Kier alpha value is -6.66. The molecule has 0 saturated carbocycles. The van der Waals surface area contributed by atoms with E-state index in [9.17, 15) is 53.7 Å². The standard InChI is InChI=1S/C50H74N8O15/c1-30(46(65)66)19-21-58(8)45(64)43(49(2,3)4)57-44(63)42(52-7)50(5,6)33-13-12-14-34(24-33)56-48(69)70-29-31-16-17-36(72-41-26-35(59)25-37(73-41)47(67)68)32(23-31)27-54-39(61)18-20-53-40(62)28-55-38(60)15-10-9-11-22-71-51/h12-14,16-17,19,23-24,35,37,41-43,52,59H,9-11,15,18,20-22,25-29,51H2,1-8H3,(H,53,62)(H,54,61)(H,55,60)(H,56,69)(H,57,63)(H,65,66)(H,67,68)/b30-19+. The van der Waals surface area contributed by atoms with Crippen LogP contribution in [0.1, 0.15) is 103 Å². The number of nitrogens with one attached hydrogen (secondary N) is 6. The highest BCUT2D eigenvalue weighted by Crippen LogP contribution is 2.31. The number of unbranched alkanes of at least 4 members (excludes halogenated alkanes) is 2. The van der Waals surface area contributed by atoms with Crippen LogP contribution in [-0.4, -0.2) is 139 Å². The number of nitrogens with zero attached hydrogens (tertiary/aromatic N) is 1. The Morgan fingerprint density at radius 1 is 0.890 bits per heavy atom. The minimum Gasteiger partial charge on any atom is -0.479 e. The fourth-order valence-electron chi connectivity index (χ4n) is 7.62. The minimum atomic E-state index is -1.31. The molecule has 11 N–H and O–H groups in total. The molecular weight excluding hydrogens is 953 g/mol. The van der Waals surface area contributed by atoms with Crippen molar-refractivity contribution in [2.45, 2.75) is 136 Å². The average Bonchev–Trinajstić information content (AvgIpc) is 3.32. The molecule has 23 heteroatoms. The Morgan fingerprint density at radius 2 is 1.60 bits per heavy atom. The molecular formula is C50H74N8O15. The third-order valence-corrected chi connectivity index (χ3v) is 12.0. The number of anilines is 1. The van der Waals surface area contributed by atoms with Gasteiger partial charge in [-0.1, -0.05) is 65.3 Å². The minimum absolute atomic E-state index is 0.0247. The molecule has 1 heterocycles. The second-order valence-corrected chi connectivity index (χ2v) is 19.4. The van der Waals surface area contributed by atoms with E-state index in [4.69, 9.17) is 20.1 Å². The number of hydrogen-bond acceptors (Lipinski definition) is 15. The molecule has 1 fully saturated rings. The van der Waals surface area contributed by atoms with Crippen molar-refractivity contribution < 1.29 is 72.7 Å². The number of benzene rings is 2. The first-order valence-corrected chi connectivity index (χ1v) is 24.0. The van der Waals surface area contributed by atoms with E-state index in [1.165, 1.54) is 31.0 Å². The van der Waals surface area contributed by atoms with Crippen molar-refractivity contribution in [1.29, 1.82) is 0 Å². The summed E-state index contributed by atoms with van der Waals surface area (Å²) in [5, 5.41) is 45.6. The first kappa shape index (κ1) is 60.6. The summed E-state index contributed by atoms with van der Waals surface area (Å²) in [6, 6.07) is 9.71. The number of ether oxygens (including phenoxy) is 3. The zero-order valence-electron chi connectivity index (χ0n) is 43.0. The summed E-state index contributed by atoms with van der Waals surface area (Å²) in [6.45, 7) is 10.3. The molecule has 0 bridgehead atoms. The predicted octanol–water partition coefficient (Wildman–Crippen LogP) is 2.34. The van der Waals surface area contributed by atoms with E-state index in [-0.39, 0.29) is 75.7 Å². The van der Waals surface area contributed by atoms with Gasteiger partial charge in [0.05, 0.1) is 25.3 Å². The fraction of sp³-hybridized carbons (Fsp3) is 0.560. The van der Waals surface area contributed by atoms with Gasteiger partial charge in [0, 0.05) is 74.6 Å². The van der Waals surface area contributed by atoms with Crippen molar-refractivity contribution in [3.63, 3.8) is 0 Å². The third kappa shape index (κ3) is 20.4. The van der Waals surface area contributed by atoms with Gasteiger partial charge in [-0.2, -0.15) is 0 Å². The Morgan fingerprint density at radius 3 is 2.26 bits per heavy atom. The molecule has 3 rings (SSSR count). The maximum atomic E-state index is 14.0. The lowest BCUT2D eigenvalue weighted by Crippen LogP contribution is -2.60. The van der Waals surface area contributed by atoms with E-state index < -0.39 is 83.1 Å². The van der Waals surface area contributed by atoms with Crippen LogP contribution < -0.4 is 42.5 Å². The second-order valence-electron chi connectivity index (χ2n) is 19.4. The number of carbonyl (C=O) groups excluding carboxylic acids is 6. The van der Waals surface area contributed by atoms with Crippen LogP contribution in [-0.2, 0) is 66.4 Å². The van der Waals surface area contributed by atoms with Crippen LogP contribution >= 0.6 is 0 Å².